The summed E-state index contributed by atoms with van der Waals surface area (Å²) in [4.78, 5) is 25.4. The SMILES string of the molecule is CCOC(CN(Cc1ccc2ccccc2c1)C(=O)C(C)NC(=O)O)OCC. The van der Waals surface area contributed by atoms with Crippen molar-refractivity contribution in [1.29, 1.82) is 0 Å². The molecular weight excluding hydrogens is 360 g/mol. The molecule has 7 heteroatoms. The summed E-state index contributed by atoms with van der Waals surface area (Å²) in [5, 5.41) is 13.4. The highest BCUT2D eigenvalue weighted by Crippen LogP contribution is 2.18. The molecule has 0 fully saturated rings. The van der Waals surface area contributed by atoms with E-state index in [9.17, 15) is 9.59 Å². The smallest absolute Gasteiger partial charge is 0.405 e. The van der Waals surface area contributed by atoms with E-state index >= 15 is 0 Å². The van der Waals surface area contributed by atoms with Gasteiger partial charge in [-0.2, -0.15) is 0 Å². The summed E-state index contributed by atoms with van der Waals surface area (Å²) >= 11 is 0. The number of carbonyl (C=O) groups excluding carboxylic acids is 1. The van der Waals surface area contributed by atoms with Crippen LogP contribution in [0, 0.1) is 0 Å². The summed E-state index contributed by atoms with van der Waals surface area (Å²) in [6.45, 7) is 6.68. The molecule has 0 aliphatic carbocycles. The van der Waals surface area contributed by atoms with Gasteiger partial charge in [0, 0.05) is 19.8 Å². The molecule has 0 aliphatic heterocycles. The van der Waals surface area contributed by atoms with Crippen LogP contribution < -0.4 is 5.32 Å². The first kappa shape index (κ1) is 21.7. The molecule has 0 aromatic heterocycles. The van der Waals surface area contributed by atoms with Gasteiger partial charge in [-0.25, -0.2) is 4.79 Å². The number of hydrogen-bond acceptors (Lipinski definition) is 4. The maximum absolute atomic E-state index is 12.9. The minimum absolute atomic E-state index is 0.207. The van der Waals surface area contributed by atoms with Crippen molar-refractivity contribution in [3.8, 4) is 0 Å². The average molecular weight is 388 g/mol. The van der Waals surface area contributed by atoms with Crippen molar-refractivity contribution in [2.24, 2.45) is 0 Å². The lowest BCUT2D eigenvalue weighted by Gasteiger charge is -2.29. The number of nitrogens with zero attached hydrogens (tertiary/aromatic N) is 1. The van der Waals surface area contributed by atoms with E-state index in [2.05, 4.69) is 5.32 Å². The number of benzene rings is 2. The molecule has 0 saturated carbocycles. The maximum atomic E-state index is 12.9. The van der Waals surface area contributed by atoms with Gasteiger partial charge in [0.25, 0.3) is 0 Å². The highest BCUT2D eigenvalue weighted by Gasteiger charge is 2.25. The Morgan fingerprint density at radius 3 is 2.32 bits per heavy atom. The Hall–Kier alpha value is -2.64. The average Bonchev–Trinajstić information content (AvgIpc) is 2.66. The Morgan fingerprint density at radius 1 is 1.07 bits per heavy atom. The molecule has 2 aromatic rings. The van der Waals surface area contributed by atoms with E-state index in [0.717, 1.165) is 16.3 Å². The monoisotopic (exact) mass is 388 g/mol. The highest BCUT2D eigenvalue weighted by atomic mass is 16.7. The standard InChI is InChI=1S/C21H28N2O5/c1-4-27-19(28-5-2)14-23(20(24)15(3)22-21(25)26)13-16-10-11-17-8-6-7-9-18(17)12-16/h6-12,15,19,22H,4-5,13-14H2,1-3H3,(H,25,26). The molecule has 2 aromatic carbocycles. The van der Waals surface area contributed by atoms with Gasteiger partial charge in [-0.15, -0.1) is 0 Å². The zero-order valence-electron chi connectivity index (χ0n) is 16.6. The normalized spacial score (nSPS) is 12.1. The topological polar surface area (TPSA) is 88.1 Å². The molecule has 152 valence electrons. The third-order valence-electron chi connectivity index (χ3n) is 4.28. The van der Waals surface area contributed by atoms with E-state index in [1.807, 2.05) is 56.3 Å². The second kappa shape index (κ2) is 10.6. The molecule has 0 spiro atoms. The number of ether oxygens (including phenoxy) is 2. The van der Waals surface area contributed by atoms with E-state index in [1.54, 1.807) is 4.90 Å². The van der Waals surface area contributed by atoms with Gasteiger partial charge in [-0.3, -0.25) is 4.79 Å². The highest BCUT2D eigenvalue weighted by molar-refractivity contribution is 5.85. The molecular formula is C21H28N2O5. The molecule has 0 aliphatic rings. The quantitative estimate of drug-likeness (QED) is 0.610. The van der Waals surface area contributed by atoms with Gasteiger partial charge >= 0.3 is 6.09 Å². The van der Waals surface area contributed by atoms with Gasteiger partial charge < -0.3 is 24.8 Å². The number of rotatable bonds is 10. The van der Waals surface area contributed by atoms with Crippen LogP contribution in [0.4, 0.5) is 4.79 Å². The Bertz CT molecular complexity index is 789. The molecule has 2 rings (SSSR count). The van der Waals surface area contributed by atoms with Crippen LogP contribution in [0.25, 0.3) is 10.8 Å². The zero-order valence-corrected chi connectivity index (χ0v) is 16.6. The fraction of sp³-hybridized carbons (Fsp3) is 0.429. The Kier molecular flexibility index (Phi) is 8.22. The van der Waals surface area contributed by atoms with Gasteiger partial charge in [0.1, 0.15) is 6.04 Å². The molecule has 1 atom stereocenters. The van der Waals surface area contributed by atoms with Crippen molar-refractivity contribution in [2.75, 3.05) is 19.8 Å². The zero-order chi connectivity index (χ0) is 20.5. The summed E-state index contributed by atoms with van der Waals surface area (Å²) in [6.07, 6.45) is -1.81. The minimum atomic E-state index is -1.24. The van der Waals surface area contributed by atoms with E-state index in [-0.39, 0.29) is 12.5 Å². The summed E-state index contributed by atoms with van der Waals surface area (Å²) in [6, 6.07) is 13.1. The number of carboxylic acid groups (broad SMARTS) is 1. The van der Waals surface area contributed by atoms with Crippen LogP contribution in [0.2, 0.25) is 0 Å². The van der Waals surface area contributed by atoms with E-state index in [4.69, 9.17) is 14.6 Å². The number of nitrogens with one attached hydrogen (secondary N) is 1. The predicted molar refractivity (Wildman–Crippen MR) is 107 cm³/mol. The fourth-order valence-corrected chi connectivity index (χ4v) is 3.02. The molecule has 2 N–H and O–H groups in total. The van der Waals surface area contributed by atoms with Crippen molar-refractivity contribution >= 4 is 22.8 Å². The Balaban J connectivity index is 2.24. The summed E-state index contributed by atoms with van der Waals surface area (Å²) in [7, 11) is 0. The first-order valence-corrected chi connectivity index (χ1v) is 9.43. The van der Waals surface area contributed by atoms with Crippen LogP contribution in [0.1, 0.15) is 26.3 Å². The lowest BCUT2D eigenvalue weighted by molar-refractivity contribution is -0.160. The van der Waals surface area contributed by atoms with E-state index < -0.39 is 18.4 Å². The molecule has 0 bridgehead atoms. The van der Waals surface area contributed by atoms with Crippen molar-refractivity contribution in [3.05, 3.63) is 48.0 Å². The molecule has 0 radical (unpaired) electrons. The third kappa shape index (κ3) is 6.21. The molecule has 2 amide bonds. The Labute approximate surface area is 165 Å². The predicted octanol–water partition coefficient (Wildman–Crippen LogP) is 3.22. The molecule has 0 heterocycles. The summed E-state index contributed by atoms with van der Waals surface area (Å²) in [5.74, 6) is -0.333. The maximum Gasteiger partial charge on any atom is 0.405 e. The largest absolute Gasteiger partial charge is 0.465 e. The first-order chi connectivity index (χ1) is 13.4. The number of hydrogen-bond donors (Lipinski definition) is 2. The molecule has 7 nitrogen and oxygen atoms in total. The minimum Gasteiger partial charge on any atom is -0.465 e. The Morgan fingerprint density at radius 2 is 1.71 bits per heavy atom. The van der Waals surface area contributed by atoms with Crippen LogP contribution >= 0.6 is 0 Å². The van der Waals surface area contributed by atoms with Crippen molar-refractivity contribution in [2.45, 2.75) is 39.6 Å². The first-order valence-electron chi connectivity index (χ1n) is 9.43. The van der Waals surface area contributed by atoms with Gasteiger partial charge in [0.15, 0.2) is 6.29 Å². The summed E-state index contributed by atoms with van der Waals surface area (Å²) < 4.78 is 11.2. The number of fused-ring (bicyclic) bond motifs is 1. The lowest BCUT2D eigenvalue weighted by atomic mass is 10.1. The van der Waals surface area contributed by atoms with Crippen molar-refractivity contribution < 1.29 is 24.2 Å². The van der Waals surface area contributed by atoms with E-state index in [1.165, 1.54) is 6.92 Å². The fourth-order valence-electron chi connectivity index (χ4n) is 3.02. The van der Waals surface area contributed by atoms with Gasteiger partial charge in [0.05, 0.1) is 6.54 Å². The van der Waals surface area contributed by atoms with Gasteiger partial charge in [-0.1, -0.05) is 36.4 Å². The van der Waals surface area contributed by atoms with E-state index in [0.29, 0.717) is 19.8 Å². The van der Waals surface area contributed by atoms with Crippen LogP contribution in [0.15, 0.2) is 42.5 Å². The van der Waals surface area contributed by atoms with Gasteiger partial charge in [0.2, 0.25) is 5.91 Å². The molecule has 1 unspecified atom stereocenters. The molecule has 0 saturated heterocycles. The second-order valence-corrected chi connectivity index (χ2v) is 6.41. The van der Waals surface area contributed by atoms with Crippen LogP contribution in [-0.2, 0) is 20.8 Å². The van der Waals surface area contributed by atoms with Crippen molar-refractivity contribution in [1.82, 2.24) is 10.2 Å². The number of carbonyl (C=O) groups is 2. The van der Waals surface area contributed by atoms with Crippen molar-refractivity contribution in [3.63, 3.8) is 0 Å². The van der Waals surface area contributed by atoms with Crippen LogP contribution in [0.3, 0.4) is 0 Å². The van der Waals surface area contributed by atoms with Gasteiger partial charge in [-0.05, 0) is 43.2 Å². The lowest BCUT2D eigenvalue weighted by Crippen LogP contribution is -2.49. The molecule has 28 heavy (non-hydrogen) atoms. The second-order valence-electron chi connectivity index (χ2n) is 6.41. The number of amides is 2. The third-order valence-corrected chi connectivity index (χ3v) is 4.28. The van der Waals surface area contributed by atoms with Crippen LogP contribution in [0.5, 0.6) is 0 Å². The summed E-state index contributed by atoms with van der Waals surface area (Å²) in [5.41, 5.74) is 0.946. The van der Waals surface area contributed by atoms with Crippen LogP contribution in [-0.4, -0.2) is 54.1 Å².